The Morgan fingerprint density at radius 2 is 1.51 bits per heavy atom. The molecule has 1 N–H and O–H groups in total. The van der Waals surface area contributed by atoms with E-state index in [9.17, 15) is 50.6 Å². The highest BCUT2D eigenvalue weighted by Gasteiger charge is 2.76. The number of carbonyl (C=O) groups is 4. The number of allylic oxidation sites excluding steroid dienone is 2. The lowest BCUT2D eigenvalue weighted by Gasteiger charge is -2.50. The van der Waals surface area contributed by atoms with Crippen molar-refractivity contribution in [3.63, 3.8) is 0 Å². The van der Waals surface area contributed by atoms with Crippen molar-refractivity contribution in [1.82, 2.24) is 4.90 Å². The van der Waals surface area contributed by atoms with Crippen LogP contribution in [-0.4, -0.2) is 57.5 Å². The summed E-state index contributed by atoms with van der Waals surface area (Å²) in [5.74, 6) is -9.08. The summed E-state index contributed by atoms with van der Waals surface area (Å²) in [5.41, 5.74) is -3.76. The van der Waals surface area contributed by atoms with Gasteiger partial charge in [-0.1, -0.05) is 11.6 Å². The number of imide groups is 2. The number of phenolic OH excluding ortho intramolecular Hbond substituents is 1. The van der Waals surface area contributed by atoms with Gasteiger partial charge in [-0.2, -0.15) is 26.3 Å². The van der Waals surface area contributed by atoms with E-state index in [2.05, 4.69) is 0 Å². The van der Waals surface area contributed by atoms with Crippen LogP contribution in [0.25, 0.3) is 0 Å². The van der Waals surface area contributed by atoms with Crippen molar-refractivity contribution in [1.29, 1.82) is 0 Å². The van der Waals surface area contributed by atoms with Crippen LogP contribution < -0.4 is 9.64 Å². The number of hydrogen-bond donors (Lipinski definition) is 1. The standard InChI is InChI=1S/C30H21Cl2F6IN2O6/c1-40-25(45)27(31)10-17-15(21(28(27,32)26(40)46)11-5-18(39)22(42)19(6-11)47-2)3-4-16-20(17)24(44)41(23(16)43)14-8-12(29(33,34)35)7-13(9-14)30(36,37)38/h3,5-9,16-17,20-21,42H,4,10H2,1-2H3. The zero-order valence-corrected chi connectivity index (χ0v) is 27.6. The highest BCUT2D eigenvalue weighted by molar-refractivity contribution is 14.1. The van der Waals surface area contributed by atoms with Crippen molar-refractivity contribution in [3.05, 3.63) is 62.2 Å². The Bertz CT molecular complexity index is 1790. The van der Waals surface area contributed by atoms with Crippen LogP contribution in [-0.2, 0) is 31.5 Å². The number of likely N-dealkylation sites (tertiary alicyclic amines) is 1. The molecule has 6 atom stereocenters. The van der Waals surface area contributed by atoms with Gasteiger partial charge in [0, 0.05) is 13.0 Å². The zero-order chi connectivity index (χ0) is 34.8. The molecule has 2 aliphatic heterocycles. The molecule has 2 saturated heterocycles. The van der Waals surface area contributed by atoms with Gasteiger partial charge < -0.3 is 9.84 Å². The maximum absolute atomic E-state index is 14.1. The SMILES string of the molecule is COc1cc(C2C3=CCC4C(=O)N(c5cc(C(F)(F)F)cc(C(F)(F)F)c5)C(=O)C4C3CC3(Cl)C(=O)N(C)C(=O)C23Cl)cc(I)c1O. The fourth-order valence-corrected chi connectivity index (χ4v) is 9.00. The number of halogens is 9. The summed E-state index contributed by atoms with van der Waals surface area (Å²) < 4.78 is 87.6. The third kappa shape index (κ3) is 4.69. The Labute approximate surface area is 285 Å². The molecule has 6 rings (SSSR count). The first-order valence-electron chi connectivity index (χ1n) is 13.8. The predicted octanol–water partition coefficient (Wildman–Crippen LogP) is 6.24. The molecule has 3 fully saturated rings. The summed E-state index contributed by atoms with van der Waals surface area (Å²) in [6.45, 7) is 0. The van der Waals surface area contributed by atoms with Gasteiger partial charge in [0.25, 0.3) is 11.8 Å². The highest BCUT2D eigenvalue weighted by atomic mass is 127. The van der Waals surface area contributed by atoms with Crippen LogP contribution in [0.5, 0.6) is 11.5 Å². The normalized spacial score (nSPS) is 30.7. The maximum atomic E-state index is 14.1. The number of rotatable bonds is 3. The van der Waals surface area contributed by atoms with Gasteiger partial charge in [0.05, 0.1) is 39.3 Å². The lowest BCUT2D eigenvalue weighted by Crippen LogP contribution is -2.60. The molecule has 6 unspecified atom stereocenters. The van der Waals surface area contributed by atoms with Gasteiger partial charge in [-0.3, -0.25) is 24.1 Å². The average molecular weight is 817 g/mol. The lowest BCUT2D eigenvalue weighted by molar-refractivity contribution is -0.143. The minimum absolute atomic E-state index is 0.0165. The van der Waals surface area contributed by atoms with E-state index in [1.807, 2.05) is 22.6 Å². The fourth-order valence-electron chi connectivity index (χ4n) is 7.36. The number of hydrogen-bond acceptors (Lipinski definition) is 6. The van der Waals surface area contributed by atoms with Crippen molar-refractivity contribution in [2.75, 3.05) is 19.1 Å². The van der Waals surface area contributed by atoms with E-state index in [-0.39, 0.29) is 33.1 Å². The molecular formula is C30H21Cl2F6IN2O6. The molecule has 0 bridgehead atoms. The van der Waals surface area contributed by atoms with Crippen molar-refractivity contribution in [2.45, 2.75) is 40.9 Å². The molecule has 250 valence electrons. The molecule has 0 radical (unpaired) electrons. The molecule has 8 nitrogen and oxygen atoms in total. The second kappa shape index (κ2) is 10.7. The van der Waals surface area contributed by atoms with Crippen LogP contribution in [0.2, 0.25) is 0 Å². The minimum Gasteiger partial charge on any atom is -0.504 e. The number of phenols is 1. The Balaban J connectivity index is 1.52. The van der Waals surface area contributed by atoms with Crippen LogP contribution in [0, 0.1) is 21.3 Å². The number of benzene rings is 2. The van der Waals surface area contributed by atoms with E-state index in [0.29, 0.717) is 22.6 Å². The van der Waals surface area contributed by atoms with Gasteiger partial charge in [0.1, 0.15) is 0 Å². The monoisotopic (exact) mass is 816 g/mol. The van der Waals surface area contributed by atoms with E-state index >= 15 is 0 Å². The van der Waals surface area contributed by atoms with Crippen LogP contribution >= 0.6 is 45.8 Å². The number of nitrogens with zero attached hydrogens (tertiary/aromatic N) is 2. The molecule has 17 heteroatoms. The van der Waals surface area contributed by atoms with Crippen molar-refractivity contribution in [3.8, 4) is 11.5 Å². The lowest BCUT2D eigenvalue weighted by atomic mass is 9.56. The molecule has 2 heterocycles. The smallest absolute Gasteiger partial charge is 0.416 e. The summed E-state index contributed by atoms with van der Waals surface area (Å²) in [7, 11) is 2.45. The third-order valence-corrected chi connectivity index (χ3v) is 11.7. The van der Waals surface area contributed by atoms with Crippen LogP contribution in [0.1, 0.15) is 35.4 Å². The predicted molar refractivity (Wildman–Crippen MR) is 162 cm³/mol. The quantitative estimate of drug-likeness (QED) is 0.130. The topological polar surface area (TPSA) is 104 Å². The Morgan fingerprint density at radius 3 is 2.06 bits per heavy atom. The summed E-state index contributed by atoms with van der Waals surface area (Å²) >= 11 is 16.0. The molecule has 2 aromatic carbocycles. The first-order valence-corrected chi connectivity index (χ1v) is 15.7. The van der Waals surface area contributed by atoms with Crippen molar-refractivity contribution < 1.29 is 55.4 Å². The molecule has 2 aromatic rings. The summed E-state index contributed by atoms with van der Waals surface area (Å²) in [5, 5.41) is 10.5. The Morgan fingerprint density at radius 1 is 0.915 bits per heavy atom. The largest absolute Gasteiger partial charge is 0.504 e. The van der Waals surface area contributed by atoms with Gasteiger partial charge in [-0.25, -0.2) is 4.90 Å². The zero-order valence-electron chi connectivity index (χ0n) is 24.0. The number of methoxy groups -OCH3 is 1. The van der Waals surface area contributed by atoms with Gasteiger partial charge in [-0.15, -0.1) is 23.2 Å². The summed E-state index contributed by atoms with van der Waals surface area (Å²) in [4.78, 5) is 51.8. The molecule has 1 saturated carbocycles. The Hall–Kier alpha value is -3.05. The van der Waals surface area contributed by atoms with Gasteiger partial charge in [0.2, 0.25) is 11.8 Å². The van der Waals surface area contributed by atoms with E-state index in [1.54, 1.807) is 6.08 Å². The second-order valence-corrected chi connectivity index (χ2v) is 14.2. The number of anilines is 1. The van der Waals surface area contributed by atoms with E-state index in [4.69, 9.17) is 27.9 Å². The number of fused-ring (bicyclic) bond motifs is 4. The first kappa shape index (κ1) is 33.8. The number of alkyl halides is 8. The fraction of sp³-hybridized carbons (Fsp3) is 0.400. The van der Waals surface area contributed by atoms with Gasteiger partial charge in [-0.05, 0) is 77.2 Å². The van der Waals surface area contributed by atoms with Gasteiger partial charge in [0.15, 0.2) is 21.2 Å². The molecule has 0 aromatic heterocycles. The summed E-state index contributed by atoms with van der Waals surface area (Å²) in [6, 6.07) is 3.34. The van der Waals surface area contributed by atoms with Crippen LogP contribution in [0.3, 0.4) is 0 Å². The number of ether oxygens (including phenoxy) is 1. The van der Waals surface area contributed by atoms with E-state index in [1.165, 1.54) is 26.3 Å². The van der Waals surface area contributed by atoms with Crippen LogP contribution in [0.4, 0.5) is 32.0 Å². The molecule has 0 spiro atoms. The molecule has 4 amide bonds. The van der Waals surface area contributed by atoms with Crippen molar-refractivity contribution in [2.24, 2.45) is 17.8 Å². The molecule has 2 aliphatic carbocycles. The van der Waals surface area contributed by atoms with E-state index < -0.39 is 92.6 Å². The average Bonchev–Trinajstić information content (AvgIpc) is 3.32. The van der Waals surface area contributed by atoms with Crippen LogP contribution in [0.15, 0.2) is 42.0 Å². The van der Waals surface area contributed by atoms with Gasteiger partial charge >= 0.3 is 12.4 Å². The number of carbonyl (C=O) groups excluding carboxylic acids is 4. The number of amides is 4. The third-order valence-electron chi connectivity index (χ3n) is 9.45. The molecular weight excluding hydrogens is 796 g/mol. The summed E-state index contributed by atoms with van der Waals surface area (Å²) in [6.07, 6.45) is -9.57. The minimum atomic E-state index is -5.24. The Kier molecular flexibility index (Phi) is 7.72. The molecule has 4 aliphatic rings. The van der Waals surface area contributed by atoms with Crippen molar-refractivity contribution >= 4 is 75.1 Å². The number of aromatic hydroxyl groups is 1. The maximum Gasteiger partial charge on any atom is 0.416 e. The second-order valence-electron chi connectivity index (χ2n) is 11.8. The first-order chi connectivity index (χ1) is 21.7. The van der Waals surface area contributed by atoms with E-state index in [0.717, 1.165) is 4.90 Å². The highest BCUT2D eigenvalue weighted by Crippen LogP contribution is 2.65. The molecule has 47 heavy (non-hydrogen) atoms.